The second-order valence-electron chi connectivity index (χ2n) is 5.18. The average molecular weight is 325 g/mol. The highest BCUT2D eigenvalue weighted by Crippen LogP contribution is 2.27. The van der Waals surface area contributed by atoms with Gasteiger partial charge < -0.3 is 4.74 Å². The molecule has 0 atom stereocenters. The predicted octanol–water partition coefficient (Wildman–Crippen LogP) is 3.98. The van der Waals surface area contributed by atoms with E-state index in [0.29, 0.717) is 6.61 Å². The van der Waals surface area contributed by atoms with Crippen molar-refractivity contribution in [2.75, 3.05) is 19.5 Å². The Morgan fingerprint density at radius 3 is 2.43 bits per heavy atom. The van der Waals surface area contributed by atoms with E-state index in [1.807, 2.05) is 18.2 Å². The minimum Gasteiger partial charge on any atom is -0.384 e. The molecule has 1 aromatic heterocycles. The lowest BCUT2D eigenvalue weighted by atomic mass is 10.2. The van der Waals surface area contributed by atoms with E-state index in [-0.39, 0.29) is 0 Å². The number of benzene rings is 2. The van der Waals surface area contributed by atoms with Gasteiger partial charge in [0.05, 0.1) is 6.61 Å². The molecule has 0 aliphatic carbocycles. The molecule has 0 spiro atoms. The molecule has 118 valence electrons. The number of rotatable bonds is 6. The molecule has 3 aromatic rings. The number of aryl methyl sites for hydroxylation is 1. The maximum atomic E-state index is 5.14. The highest BCUT2D eigenvalue weighted by molar-refractivity contribution is 7.99. The third kappa shape index (κ3) is 3.63. The van der Waals surface area contributed by atoms with E-state index in [4.69, 9.17) is 4.74 Å². The summed E-state index contributed by atoms with van der Waals surface area (Å²) in [4.78, 5) is 0. The first kappa shape index (κ1) is 15.8. The summed E-state index contributed by atoms with van der Waals surface area (Å²) in [7, 11) is 1.71. The molecule has 0 N–H and O–H groups in total. The monoisotopic (exact) mass is 325 g/mol. The van der Waals surface area contributed by atoms with E-state index >= 15 is 0 Å². The van der Waals surface area contributed by atoms with Gasteiger partial charge in [-0.3, -0.25) is 4.57 Å². The number of methoxy groups -OCH3 is 1. The van der Waals surface area contributed by atoms with Crippen LogP contribution in [-0.2, 0) is 4.74 Å². The van der Waals surface area contributed by atoms with Crippen LogP contribution in [0.3, 0.4) is 0 Å². The summed E-state index contributed by atoms with van der Waals surface area (Å²) in [6.45, 7) is 2.77. The van der Waals surface area contributed by atoms with E-state index in [1.165, 1.54) is 5.56 Å². The van der Waals surface area contributed by atoms with Crippen LogP contribution in [0.1, 0.15) is 5.56 Å². The maximum absolute atomic E-state index is 5.14. The fourth-order valence-electron chi connectivity index (χ4n) is 2.28. The SMILES string of the molecule is COCCSc1nnc(-c2ccccc2)n1-c1ccc(C)cc1. The van der Waals surface area contributed by atoms with E-state index in [0.717, 1.165) is 28.0 Å². The van der Waals surface area contributed by atoms with Gasteiger partial charge in [0.2, 0.25) is 0 Å². The van der Waals surface area contributed by atoms with Crippen molar-refractivity contribution in [3.05, 3.63) is 60.2 Å². The van der Waals surface area contributed by atoms with E-state index in [2.05, 4.69) is 58.1 Å². The van der Waals surface area contributed by atoms with Gasteiger partial charge in [-0.2, -0.15) is 0 Å². The number of ether oxygens (including phenoxy) is 1. The lowest BCUT2D eigenvalue weighted by molar-refractivity contribution is 0.218. The third-order valence-electron chi connectivity index (χ3n) is 3.48. The molecule has 0 fully saturated rings. The van der Waals surface area contributed by atoms with Crippen LogP contribution in [0.5, 0.6) is 0 Å². The first-order valence-electron chi connectivity index (χ1n) is 7.49. The van der Waals surface area contributed by atoms with Crippen LogP contribution in [0.4, 0.5) is 0 Å². The second-order valence-corrected chi connectivity index (χ2v) is 6.25. The number of hydrogen-bond acceptors (Lipinski definition) is 4. The van der Waals surface area contributed by atoms with Crippen LogP contribution in [0.2, 0.25) is 0 Å². The normalized spacial score (nSPS) is 10.9. The number of aromatic nitrogens is 3. The summed E-state index contributed by atoms with van der Waals surface area (Å²) < 4.78 is 7.24. The van der Waals surface area contributed by atoms with E-state index in [9.17, 15) is 0 Å². The van der Waals surface area contributed by atoms with Crippen LogP contribution in [0.15, 0.2) is 59.8 Å². The van der Waals surface area contributed by atoms with Gasteiger partial charge in [-0.25, -0.2) is 0 Å². The minimum atomic E-state index is 0.687. The molecule has 0 aliphatic heterocycles. The Balaban J connectivity index is 2.04. The highest BCUT2D eigenvalue weighted by atomic mass is 32.2. The van der Waals surface area contributed by atoms with Crippen molar-refractivity contribution in [3.63, 3.8) is 0 Å². The van der Waals surface area contributed by atoms with Crippen molar-refractivity contribution in [2.45, 2.75) is 12.1 Å². The molecule has 0 unspecified atom stereocenters. The molecule has 2 aromatic carbocycles. The van der Waals surface area contributed by atoms with Crippen LogP contribution in [0, 0.1) is 6.92 Å². The molecule has 0 bridgehead atoms. The Morgan fingerprint density at radius 1 is 1.00 bits per heavy atom. The number of nitrogens with zero attached hydrogens (tertiary/aromatic N) is 3. The van der Waals surface area contributed by atoms with Gasteiger partial charge in [0, 0.05) is 24.1 Å². The second kappa shape index (κ2) is 7.44. The summed E-state index contributed by atoms with van der Waals surface area (Å²) in [5.41, 5.74) is 3.36. The van der Waals surface area contributed by atoms with Gasteiger partial charge in [-0.15, -0.1) is 10.2 Å². The summed E-state index contributed by atoms with van der Waals surface area (Å²) in [6, 6.07) is 18.6. The largest absolute Gasteiger partial charge is 0.384 e. The molecule has 0 saturated carbocycles. The molecule has 5 heteroatoms. The van der Waals surface area contributed by atoms with Gasteiger partial charge in [-0.05, 0) is 19.1 Å². The van der Waals surface area contributed by atoms with Crippen molar-refractivity contribution in [2.24, 2.45) is 0 Å². The van der Waals surface area contributed by atoms with Crippen LogP contribution in [0.25, 0.3) is 17.1 Å². The van der Waals surface area contributed by atoms with Crippen molar-refractivity contribution in [1.29, 1.82) is 0 Å². The molecule has 0 saturated heterocycles. The zero-order valence-corrected chi connectivity index (χ0v) is 14.1. The Hall–Kier alpha value is -2.11. The van der Waals surface area contributed by atoms with Gasteiger partial charge in [-0.1, -0.05) is 59.8 Å². The average Bonchev–Trinajstić information content (AvgIpc) is 3.00. The van der Waals surface area contributed by atoms with Crippen molar-refractivity contribution < 1.29 is 4.74 Å². The lowest BCUT2D eigenvalue weighted by Gasteiger charge is -2.10. The number of hydrogen-bond donors (Lipinski definition) is 0. The Morgan fingerprint density at radius 2 is 1.74 bits per heavy atom. The van der Waals surface area contributed by atoms with Crippen molar-refractivity contribution >= 4 is 11.8 Å². The molecule has 4 nitrogen and oxygen atoms in total. The molecule has 1 heterocycles. The fraction of sp³-hybridized carbons (Fsp3) is 0.222. The van der Waals surface area contributed by atoms with Gasteiger partial charge >= 0.3 is 0 Å². The van der Waals surface area contributed by atoms with Crippen LogP contribution < -0.4 is 0 Å². The summed E-state index contributed by atoms with van der Waals surface area (Å²) >= 11 is 1.65. The molecule has 23 heavy (non-hydrogen) atoms. The molecular weight excluding hydrogens is 306 g/mol. The van der Waals surface area contributed by atoms with Crippen molar-refractivity contribution in [1.82, 2.24) is 14.8 Å². The molecule has 0 radical (unpaired) electrons. The van der Waals surface area contributed by atoms with Gasteiger partial charge in [0.1, 0.15) is 0 Å². The molecule has 0 amide bonds. The van der Waals surface area contributed by atoms with E-state index < -0.39 is 0 Å². The fourth-order valence-corrected chi connectivity index (χ4v) is 3.13. The van der Waals surface area contributed by atoms with E-state index in [1.54, 1.807) is 18.9 Å². The van der Waals surface area contributed by atoms with Gasteiger partial charge in [0.25, 0.3) is 0 Å². The Labute approximate surface area is 140 Å². The quantitative estimate of drug-likeness (QED) is 0.508. The van der Waals surface area contributed by atoms with Crippen LogP contribution in [-0.4, -0.2) is 34.2 Å². The number of thioether (sulfide) groups is 1. The van der Waals surface area contributed by atoms with Crippen molar-refractivity contribution in [3.8, 4) is 17.1 Å². The smallest absolute Gasteiger partial charge is 0.196 e. The zero-order chi connectivity index (χ0) is 16.1. The first-order valence-corrected chi connectivity index (χ1v) is 8.48. The standard InChI is InChI=1S/C18H19N3OS/c1-14-8-10-16(11-9-14)21-17(15-6-4-3-5-7-15)19-20-18(21)23-13-12-22-2/h3-11H,12-13H2,1-2H3. The Bertz CT molecular complexity index is 754. The summed E-state index contributed by atoms with van der Waals surface area (Å²) in [5, 5.41) is 9.68. The molecule has 0 aliphatic rings. The predicted molar refractivity (Wildman–Crippen MR) is 94.1 cm³/mol. The lowest BCUT2D eigenvalue weighted by Crippen LogP contribution is -2.01. The zero-order valence-electron chi connectivity index (χ0n) is 13.3. The van der Waals surface area contributed by atoms with Gasteiger partial charge in [0.15, 0.2) is 11.0 Å². The molecular formula is C18H19N3OS. The minimum absolute atomic E-state index is 0.687. The topological polar surface area (TPSA) is 39.9 Å². The Kier molecular flexibility index (Phi) is 5.10. The maximum Gasteiger partial charge on any atom is 0.196 e. The van der Waals surface area contributed by atoms with Crippen LogP contribution >= 0.6 is 11.8 Å². The highest BCUT2D eigenvalue weighted by Gasteiger charge is 2.15. The first-order chi connectivity index (χ1) is 11.3. The molecule has 3 rings (SSSR count). The third-order valence-corrected chi connectivity index (χ3v) is 4.37. The summed E-state index contributed by atoms with van der Waals surface area (Å²) in [6.07, 6.45) is 0. The summed E-state index contributed by atoms with van der Waals surface area (Å²) in [5.74, 6) is 1.70.